The van der Waals surface area contributed by atoms with Crippen LogP contribution in [0.1, 0.15) is 33.1 Å². The molecule has 6 heteroatoms. The van der Waals surface area contributed by atoms with Crippen LogP contribution in [0.25, 0.3) is 0 Å². The monoisotopic (exact) mass is 282 g/mol. The van der Waals surface area contributed by atoms with Crippen LogP contribution in [0, 0.1) is 0 Å². The van der Waals surface area contributed by atoms with Crippen molar-refractivity contribution in [3.05, 3.63) is 0 Å². The first-order valence-corrected chi connectivity index (χ1v) is 7.67. The van der Waals surface area contributed by atoms with E-state index in [1.165, 1.54) is 0 Å². The van der Waals surface area contributed by atoms with Gasteiger partial charge in [0.2, 0.25) is 5.91 Å². The van der Waals surface area contributed by atoms with Crippen LogP contribution in [0.4, 0.5) is 4.79 Å². The molecule has 2 aliphatic rings. The number of rotatable bonds is 5. The maximum atomic E-state index is 12.3. The Morgan fingerprint density at radius 3 is 2.75 bits per heavy atom. The molecule has 20 heavy (non-hydrogen) atoms. The number of amides is 3. The molecular weight excluding hydrogens is 256 g/mol. The summed E-state index contributed by atoms with van der Waals surface area (Å²) in [6.07, 6.45) is 2.93. The molecule has 2 rings (SSSR count). The molecule has 1 atom stereocenters. The molecule has 6 nitrogen and oxygen atoms in total. The Hall–Kier alpha value is -1.30. The molecule has 2 saturated heterocycles. The van der Waals surface area contributed by atoms with E-state index in [1.807, 2.05) is 18.7 Å². The third-order valence-electron chi connectivity index (χ3n) is 4.23. The van der Waals surface area contributed by atoms with Gasteiger partial charge < -0.3 is 20.4 Å². The van der Waals surface area contributed by atoms with Gasteiger partial charge in [-0.05, 0) is 39.3 Å². The van der Waals surface area contributed by atoms with E-state index in [0.717, 1.165) is 38.9 Å². The van der Waals surface area contributed by atoms with E-state index < -0.39 is 0 Å². The molecule has 0 aliphatic carbocycles. The Balaban J connectivity index is 1.82. The summed E-state index contributed by atoms with van der Waals surface area (Å²) in [5.41, 5.74) is 0. The topological polar surface area (TPSA) is 64.7 Å². The summed E-state index contributed by atoms with van der Waals surface area (Å²) < 4.78 is 0. The van der Waals surface area contributed by atoms with Crippen molar-refractivity contribution in [1.29, 1.82) is 0 Å². The lowest BCUT2D eigenvalue weighted by molar-refractivity contribution is -0.122. The number of nitrogens with one attached hydrogen (secondary N) is 2. The third kappa shape index (κ3) is 3.62. The molecule has 114 valence electrons. The largest absolute Gasteiger partial charge is 0.352 e. The summed E-state index contributed by atoms with van der Waals surface area (Å²) >= 11 is 0. The summed E-state index contributed by atoms with van der Waals surface area (Å²) in [5.74, 6) is -0.0557. The number of hydrogen-bond acceptors (Lipinski definition) is 3. The van der Waals surface area contributed by atoms with Crippen LogP contribution >= 0.6 is 0 Å². The fourth-order valence-electron chi connectivity index (χ4n) is 2.80. The van der Waals surface area contributed by atoms with Gasteiger partial charge in [-0.3, -0.25) is 4.79 Å². The van der Waals surface area contributed by atoms with Crippen LogP contribution < -0.4 is 10.6 Å². The summed E-state index contributed by atoms with van der Waals surface area (Å²) in [4.78, 5) is 27.8. The second kappa shape index (κ2) is 6.92. The highest BCUT2D eigenvalue weighted by atomic mass is 16.2. The first-order chi connectivity index (χ1) is 9.61. The van der Waals surface area contributed by atoms with Gasteiger partial charge in [0.05, 0.1) is 0 Å². The van der Waals surface area contributed by atoms with Crippen molar-refractivity contribution in [2.75, 3.05) is 32.7 Å². The van der Waals surface area contributed by atoms with E-state index in [2.05, 4.69) is 10.6 Å². The minimum Gasteiger partial charge on any atom is -0.352 e. The number of carbonyl (C=O) groups is 2. The molecule has 2 aliphatic heterocycles. The number of piperidine rings is 1. The minimum absolute atomic E-state index is 0.0243. The molecule has 0 radical (unpaired) electrons. The maximum absolute atomic E-state index is 12.3. The van der Waals surface area contributed by atoms with Gasteiger partial charge in [0, 0.05) is 25.2 Å². The zero-order chi connectivity index (χ0) is 14.5. The molecule has 0 aromatic heterocycles. The van der Waals surface area contributed by atoms with Crippen molar-refractivity contribution >= 4 is 11.9 Å². The quantitative estimate of drug-likeness (QED) is 0.767. The molecule has 2 fully saturated rings. The first kappa shape index (κ1) is 15.1. The highest BCUT2D eigenvalue weighted by Gasteiger charge is 2.34. The lowest BCUT2D eigenvalue weighted by atomic mass is 10.1. The lowest BCUT2D eigenvalue weighted by Gasteiger charge is -2.31. The number of urea groups is 1. The number of nitrogens with zero attached hydrogens (tertiary/aromatic N) is 2. The molecule has 0 aromatic carbocycles. The molecule has 2 N–H and O–H groups in total. The molecule has 0 spiro atoms. The summed E-state index contributed by atoms with van der Waals surface area (Å²) in [5, 5.41) is 6.22. The van der Waals surface area contributed by atoms with Gasteiger partial charge in [0.25, 0.3) is 0 Å². The van der Waals surface area contributed by atoms with Gasteiger partial charge in [-0.2, -0.15) is 0 Å². The van der Waals surface area contributed by atoms with Gasteiger partial charge in [-0.15, -0.1) is 0 Å². The smallest absolute Gasteiger partial charge is 0.320 e. The normalized spacial score (nSPS) is 22.2. The van der Waals surface area contributed by atoms with Crippen molar-refractivity contribution < 1.29 is 9.59 Å². The standard InChI is InChI=1S/C14H26N4O2/c1-3-11(2)16-13(19)10-17-8-9-18(14(17)20)12-4-6-15-7-5-12/h11-12,15H,3-10H2,1-2H3,(H,16,19). The minimum atomic E-state index is -0.0557. The fraction of sp³-hybridized carbons (Fsp3) is 0.857. The molecule has 2 heterocycles. The molecule has 0 bridgehead atoms. The number of hydrogen-bond donors (Lipinski definition) is 2. The molecule has 0 saturated carbocycles. The Morgan fingerprint density at radius 1 is 1.40 bits per heavy atom. The van der Waals surface area contributed by atoms with Gasteiger partial charge in [-0.1, -0.05) is 6.92 Å². The summed E-state index contributed by atoms with van der Waals surface area (Å²) in [7, 11) is 0. The van der Waals surface area contributed by atoms with Crippen molar-refractivity contribution in [3.63, 3.8) is 0 Å². The second-order valence-electron chi connectivity index (χ2n) is 5.76. The van der Waals surface area contributed by atoms with Crippen molar-refractivity contribution in [2.24, 2.45) is 0 Å². The van der Waals surface area contributed by atoms with Crippen molar-refractivity contribution in [2.45, 2.75) is 45.2 Å². The van der Waals surface area contributed by atoms with Gasteiger partial charge in [0.1, 0.15) is 6.54 Å². The molecule has 1 unspecified atom stereocenters. The van der Waals surface area contributed by atoms with Crippen molar-refractivity contribution in [1.82, 2.24) is 20.4 Å². The second-order valence-corrected chi connectivity index (χ2v) is 5.76. The third-order valence-corrected chi connectivity index (χ3v) is 4.23. The van der Waals surface area contributed by atoms with Gasteiger partial charge >= 0.3 is 6.03 Å². The van der Waals surface area contributed by atoms with E-state index in [4.69, 9.17) is 0 Å². The Bertz CT molecular complexity index is 355. The van der Waals surface area contributed by atoms with Crippen LogP contribution in [-0.2, 0) is 4.79 Å². The summed E-state index contributed by atoms with van der Waals surface area (Å²) in [6, 6.07) is 0.531. The molecule has 3 amide bonds. The van der Waals surface area contributed by atoms with Crippen LogP contribution in [0.2, 0.25) is 0 Å². The summed E-state index contributed by atoms with van der Waals surface area (Å²) in [6.45, 7) is 7.56. The van der Waals surface area contributed by atoms with Crippen LogP contribution in [0.3, 0.4) is 0 Å². The van der Waals surface area contributed by atoms with E-state index in [0.29, 0.717) is 12.6 Å². The predicted molar refractivity (Wildman–Crippen MR) is 77.5 cm³/mol. The first-order valence-electron chi connectivity index (χ1n) is 7.67. The average Bonchev–Trinajstić information content (AvgIpc) is 2.81. The molecular formula is C14H26N4O2. The zero-order valence-electron chi connectivity index (χ0n) is 12.5. The lowest BCUT2D eigenvalue weighted by Crippen LogP contribution is -2.47. The van der Waals surface area contributed by atoms with Crippen LogP contribution in [0.5, 0.6) is 0 Å². The Labute approximate surface area is 120 Å². The Kier molecular flexibility index (Phi) is 5.23. The average molecular weight is 282 g/mol. The Morgan fingerprint density at radius 2 is 2.10 bits per heavy atom. The van der Waals surface area contributed by atoms with Crippen molar-refractivity contribution in [3.8, 4) is 0 Å². The van der Waals surface area contributed by atoms with Gasteiger partial charge in [-0.25, -0.2) is 4.79 Å². The van der Waals surface area contributed by atoms with E-state index in [9.17, 15) is 9.59 Å². The molecule has 0 aromatic rings. The predicted octanol–water partition coefficient (Wildman–Crippen LogP) is 0.391. The van der Waals surface area contributed by atoms with E-state index in [1.54, 1.807) is 4.90 Å². The number of carbonyl (C=O) groups excluding carboxylic acids is 2. The zero-order valence-corrected chi connectivity index (χ0v) is 12.5. The van der Waals surface area contributed by atoms with E-state index >= 15 is 0 Å². The van der Waals surface area contributed by atoms with E-state index in [-0.39, 0.29) is 24.5 Å². The van der Waals surface area contributed by atoms with Crippen LogP contribution in [0.15, 0.2) is 0 Å². The van der Waals surface area contributed by atoms with Gasteiger partial charge in [0.15, 0.2) is 0 Å². The van der Waals surface area contributed by atoms with Crippen LogP contribution in [-0.4, -0.2) is 66.5 Å². The maximum Gasteiger partial charge on any atom is 0.320 e. The highest BCUT2D eigenvalue weighted by molar-refractivity contribution is 5.85. The SMILES string of the molecule is CCC(C)NC(=O)CN1CCN(C2CCNCC2)C1=O. The highest BCUT2D eigenvalue weighted by Crippen LogP contribution is 2.18. The fourth-order valence-corrected chi connectivity index (χ4v) is 2.80.